The molecule has 0 radical (unpaired) electrons. The number of thiazole rings is 1. The molecule has 1 aromatic heterocycles. The zero-order valence-corrected chi connectivity index (χ0v) is 16.0. The molecule has 6 nitrogen and oxygen atoms in total. The Hall–Kier alpha value is -1.80. The average Bonchev–Trinajstić information content (AvgIpc) is 3.10. The summed E-state index contributed by atoms with van der Waals surface area (Å²) in [6, 6.07) is 9.94. The Morgan fingerprint density at radius 3 is 2.96 bits per heavy atom. The Bertz CT molecular complexity index is 705. The van der Waals surface area contributed by atoms with Gasteiger partial charge in [0.15, 0.2) is 0 Å². The number of ether oxygens (including phenoxy) is 2. The molecule has 2 aromatic rings. The molecule has 1 saturated heterocycles. The van der Waals surface area contributed by atoms with Crippen molar-refractivity contribution in [1.82, 2.24) is 15.2 Å². The molecule has 1 aromatic carbocycles. The molecule has 26 heavy (non-hydrogen) atoms. The van der Waals surface area contributed by atoms with Crippen molar-refractivity contribution in [1.29, 1.82) is 0 Å². The van der Waals surface area contributed by atoms with Gasteiger partial charge in [-0.15, -0.1) is 11.3 Å². The first kappa shape index (κ1) is 19.0. The maximum atomic E-state index is 12.6. The van der Waals surface area contributed by atoms with E-state index in [-0.39, 0.29) is 18.1 Å². The molecule has 0 unspecified atom stereocenters. The Morgan fingerprint density at radius 2 is 2.19 bits per heavy atom. The normalized spacial score (nSPS) is 20.3. The predicted octanol–water partition coefficient (Wildman–Crippen LogP) is 2.31. The molecule has 0 bridgehead atoms. The summed E-state index contributed by atoms with van der Waals surface area (Å²) in [5.41, 5.74) is 1.58. The van der Waals surface area contributed by atoms with Crippen LogP contribution in [0.2, 0.25) is 0 Å². The van der Waals surface area contributed by atoms with E-state index in [0.717, 1.165) is 23.5 Å². The van der Waals surface area contributed by atoms with Crippen LogP contribution in [0.25, 0.3) is 0 Å². The van der Waals surface area contributed by atoms with Gasteiger partial charge in [0.1, 0.15) is 16.8 Å². The minimum atomic E-state index is -0.159. The van der Waals surface area contributed by atoms with Gasteiger partial charge in [0.25, 0.3) is 5.91 Å². The zero-order chi connectivity index (χ0) is 18.4. The van der Waals surface area contributed by atoms with Crippen LogP contribution in [0.15, 0.2) is 35.7 Å². The lowest BCUT2D eigenvalue weighted by Gasteiger charge is -2.32. The summed E-state index contributed by atoms with van der Waals surface area (Å²) in [4.78, 5) is 19.0. The molecule has 1 amide bonds. The van der Waals surface area contributed by atoms with Gasteiger partial charge in [-0.2, -0.15) is 0 Å². The van der Waals surface area contributed by atoms with Crippen LogP contribution in [0.4, 0.5) is 0 Å². The van der Waals surface area contributed by atoms with Crippen LogP contribution >= 0.6 is 11.3 Å². The van der Waals surface area contributed by atoms with E-state index in [9.17, 15) is 4.79 Å². The van der Waals surface area contributed by atoms with Crippen molar-refractivity contribution in [2.45, 2.75) is 31.7 Å². The Labute approximate surface area is 158 Å². The van der Waals surface area contributed by atoms with Crippen molar-refractivity contribution in [2.24, 2.45) is 0 Å². The second-order valence-corrected chi connectivity index (χ2v) is 7.59. The lowest BCUT2D eigenvalue weighted by atomic mass is 10.1. The van der Waals surface area contributed by atoms with Crippen molar-refractivity contribution in [3.8, 4) is 0 Å². The second kappa shape index (κ2) is 9.23. The summed E-state index contributed by atoms with van der Waals surface area (Å²) in [7, 11) is 3.97. The molecular formula is C19H25N3O3S. The SMILES string of the molecule is CN(C)Cc1nc(C(=O)N[C@@H]2CCOC[C@H]2OCc2ccccc2)cs1. The highest BCUT2D eigenvalue weighted by molar-refractivity contribution is 7.09. The van der Waals surface area contributed by atoms with Crippen LogP contribution in [0.1, 0.15) is 27.5 Å². The van der Waals surface area contributed by atoms with Crippen molar-refractivity contribution >= 4 is 17.2 Å². The van der Waals surface area contributed by atoms with Crippen molar-refractivity contribution in [3.63, 3.8) is 0 Å². The van der Waals surface area contributed by atoms with Crippen LogP contribution in [-0.2, 0) is 22.6 Å². The third kappa shape index (κ3) is 5.35. The van der Waals surface area contributed by atoms with Crippen LogP contribution in [0, 0.1) is 0 Å². The van der Waals surface area contributed by atoms with Gasteiger partial charge in [-0.25, -0.2) is 4.98 Å². The Kier molecular flexibility index (Phi) is 6.73. The molecule has 0 aliphatic carbocycles. The highest BCUT2D eigenvalue weighted by Crippen LogP contribution is 2.16. The van der Waals surface area contributed by atoms with Crippen LogP contribution in [0.3, 0.4) is 0 Å². The highest BCUT2D eigenvalue weighted by atomic mass is 32.1. The van der Waals surface area contributed by atoms with Gasteiger partial charge in [0.2, 0.25) is 0 Å². The number of hydrogen-bond acceptors (Lipinski definition) is 6. The van der Waals surface area contributed by atoms with Crippen LogP contribution < -0.4 is 5.32 Å². The third-order valence-electron chi connectivity index (χ3n) is 4.16. The Morgan fingerprint density at radius 1 is 1.38 bits per heavy atom. The van der Waals surface area contributed by atoms with E-state index >= 15 is 0 Å². The minimum absolute atomic E-state index is 0.0704. The zero-order valence-electron chi connectivity index (χ0n) is 15.2. The number of nitrogens with zero attached hydrogens (tertiary/aromatic N) is 2. The Balaban J connectivity index is 1.57. The van der Waals surface area contributed by atoms with Gasteiger partial charge >= 0.3 is 0 Å². The molecular weight excluding hydrogens is 350 g/mol. The lowest BCUT2D eigenvalue weighted by Crippen LogP contribution is -2.50. The van der Waals surface area contributed by atoms with E-state index in [0.29, 0.717) is 25.5 Å². The monoisotopic (exact) mass is 375 g/mol. The van der Waals surface area contributed by atoms with Crippen molar-refractivity contribution < 1.29 is 14.3 Å². The predicted molar refractivity (Wildman–Crippen MR) is 101 cm³/mol. The van der Waals surface area contributed by atoms with E-state index in [1.54, 1.807) is 0 Å². The van der Waals surface area contributed by atoms with E-state index in [4.69, 9.17) is 9.47 Å². The van der Waals surface area contributed by atoms with Crippen molar-refractivity contribution in [3.05, 3.63) is 52.0 Å². The molecule has 7 heteroatoms. The number of amides is 1. The van der Waals surface area contributed by atoms with Gasteiger partial charge in [-0.3, -0.25) is 4.79 Å². The summed E-state index contributed by atoms with van der Waals surface area (Å²) in [5.74, 6) is -0.147. The van der Waals surface area contributed by atoms with Gasteiger partial charge < -0.3 is 19.7 Å². The summed E-state index contributed by atoms with van der Waals surface area (Å²) in [6.07, 6.45) is 0.577. The number of carbonyl (C=O) groups is 1. The fourth-order valence-corrected chi connectivity index (χ4v) is 3.71. The first-order chi connectivity index (χ1) is 12.6. The molecule has 0 spiro atoms. The number of carbonyl (C=O) groups excluding carboxylic acids is 1. The van der Waals surface area contributed by atoms with Gasteiger partial charge in [-0.1, -0.05) is 30.3 Å². The average molecular weight is 375 g/mol. The number of hydrogen-bond donors (Lipinski definition) is 1. The summed E-state index contributed by atoms with van der Waals surface area (Å²) < 4.78 is 11.6. The van der Waals surface area contributed by atoms with E-state index in [2.05, 4.69) is 10.3 Å². The fraction of sp³-hybridized carbons (Fsp3) is 0.474. The third-order valence-corrected chi connectivity index (χ3v) is 5.00. The second-order valence-electron chi connectivity index (χ2n) is 6.64. The first-order valence-corrected chi connectivity index (χ1v) is 9.63. The molecule has 3 rings (SSSR count). The van der Waals surface area contributed by atoms with Crippen LogP contribution in [-0.4, -0.2) is 55.2 Å². The van der Waals surface area contributed by atoms with E-state index in [1.165, 1.54) is 11.3 Å². The molecule has 1 N–H and O–H groups in total. The molecule has 2 heterocycles. The lowest BCUT2D eigenvalue weighted by molar-refractivity contribution is -0.0736. The van der Waals surface area contributed by atoms with E-state index < -0.39 is 0 Å². The van der Waals surface area contributed by atoms with Gasteiger partial charge in [0, 0.05) is 18.5 Å². The van der Waals surface area contributed by atoms with E-state index in [1.807, 2.05) is 54.7 Å². The molecule has 0 saturated carbocycles. The molecule has 1 aliphatic rings. The van der Waals surface area contributed by atoms with Gasteiger partial charge in [0.05, 0.1) is 19.3 Å². The number of benzene rings is 1. The summed E-state index contributed by atoms with van der Waals surface area (Å²) in [5, 5.41) is 5.82. The standard InChI is InChI=1S/C19H25N3O3S/c1-22(2)10-18-20-16(13-26-18)19(23)21-15-8-9-24-12-17(15)25-11-14-6-4-3-5-7-14/h3-7,13,15,17H,8-12H2,1-2H3,(H,21,23)/t15-,17-/m1/s1. The quantitative estimate of drug-likeness (QED) is 0.805. The van der Waals surface area contributed by atoms with Crippen LogP contribution in [0.5, 0.6) is 0 Å². The number of rotatable bonds is 7. The topological polar surface area (TPSA) is 63.7 Å². The minimum Gasteiger partial charge on any atom is -0.379 e. The fourth-order valence-electron chi connectivity index (χ4n) is 2.82. The first-order valence-electron chi connectivity index (χ1n) is 8.75. The molecule has 1 aliphatic heterocycles. The summed E-state index contributed by atoms with van der Waals surface area (Å²) in [6.45, 7) is 2.35. The van der Waals surface area contributed by atoms with Crippen molar-refractivity contribution in [2.75, 3.05) is 27.3 Å². The smallest absolute Gasteiger partial charge is 0.271 e. The molecule has 140 valence electrons. The largest absolute Gasteiger partial charge is 0.379 e. The molecule has 1 fully saturated rings. The number of aromatic nitrogens is 1. The van der Waals surface area contributed by atoms with Gasteiger partial charge in [-0.05, 0) is 26.1 Å². The summed E-state index contributed by atoms with van der Waals surface area (Å²) >= 11 is 1.51. The molecule has 2 atom stereocenters. The maximum Gasteiger partial charge on any atom is 0.271 e. The number of nitrogens with one attached hydrogen (secondary N) is 1. The highest BCUT2D eigenvalue weighted by Gasteiger charge is 2.29. The maximum absolute atomic E-state index is 12.6.